The van der Waals surface area contributed by atoms with Crippen LogP contribution in [-0.4, -0.2) is 35.3 Å². The minimum Gasteiger partial charge on any atom is -0.342 e. The van der Waals surface area contributed by atoms with Gasteiger partial charge in [0.1, 0.15) is 12.1 Å². The second-order valence-electron chi connectivity index (χ2n) is 5.22. The van der Waals surface area contributed by atoms with Crippen molar-refractivity contribution < 1.29 is 9.59 Å². The van der Waals surface area contributed by atoms with E-state index in [0.717, 1.165) is 12.0 Å². The summed E-state index contributed by atoms with van der Waals surface area (Å²) in [7, 11) is 0. The highest BCUT2D eigenvalue weighted by Crippen LogP contribution is 2.20. The Morgan fingerprint density at radius 3 is 2.50 bits per heavy atom. The van der Waals surface area contributed by atoms with Crippen LogP contribution >= 0.6 is 0 Å². The average Bonchev–Trinajstić information content (AvgIpc) is 2.32. The molecule has 102 valence electrons. The largest absolute Gasteiger partial charge is 0.342 e. The van der Waals surface area contributed by atoms with E-state index in [-0.39, 0.29) is 29.8 Å². The van der Waals surface area contributed by atoms with Crippen molar-refractivity contribution in [2.75, 3.05) is 6.54 Å². The predicted molar refractivity (Wildman–Crippen MR) is 72.0 cm³/mol. The van der Waals surface area contributed by atoms with E-state index in [0.29, 0.717) is 13.0 Å². The minimum absolute atomic E-state index is 0.0267. The molecule has 1 fully saturated rings. The molecular formula is C14H24N2O2. The van der Waals surface area contributed by atoms with Crippen molar-refractivity contribution in [1.82, 2.24) is 10.2 Å². The summed E-state index contributed by atoms with van der Waals surface area (Å²) < 4.78 is 0. The average molecular weight is 252 g/mol. The quantitative estimate of drug-likeness (QED) is 0.757. The molecule has 1 saturated heterocycles. The van der Waals surface area contributed by atoms with Crippen molar-refractivity contribution in [1.29, 1.82) is 0 Å². The normalized spacial score (nSPS) is 25.9. The van der Waals surface area contributed by atoms with Gasteiger partial charge in [-0.1, -0.05) is 39.3 Å². The van der Waals surface area contributed by atoms with Gasteiger partial charge in [0.05, 0.1) is 0 Å². The monoisotopic (exact) mass is 252 g/mol. The predicted octanol–water partition coefficient (Wildman–Crippen LogP) is 1.71. The van der Waals surface area contributed by atoms with Crippen molar-refractivity contribution in [3.8, 4) is 0 Å². The van der Waals surface area contributed by atoms with Gasteiger partial charge in [0.15, 0.2) is 0 Å². The molecule has 1 aliphatic heterocycles. The number of rotatable bonds is 5. The van der Waals surface area contributed by atoms with E-state index < -0.39 is 0 Å². The van der Waals surface area contributed by atoms with E-state index in [1.807, 2.05) is 27.7 Å². The number of nitrogens with one attached hydrogen (secondary N) is 1. The van der Waals surface area contributed by atoms with Gasteiger partial charge in [0.2, 0.25) is 11.8 Å². The minimum atomic E-state index is -0.385. The number of hydrogen-bond acceptors (Lipinski definition) is 2. The van der Waals surface area contributed by atoms with Gasteiger partial charge in [0.25, 0.3) is 0 Å². The Bertz CT molecular complexity index is 352. The summed E-state index contributed by atoms with van der Waals surface area (Å²) >= 11 is 0. The zero-order valence-corrected chi connectivity index (χ0v) is 11.8. The zero-order valence-electron chi connectivity index (χ0n) is 11.8. The van der Waals surface area contributed by atoms with E-state index in [1.165, 1.54) is 0 Å². The van der Waals surface area contributed by atoms with Gasteiger partial charge >= 0.3 is 0 Å². The molecule has 0 spiro atoms. The third-order valence-corrected chi connectivity index (χ3v) is 3.57. The molecule has 3 atom stereocenters. The van der Waals surface area contributed by atoms with Gasteiger partial charge in [-0.15, -0.1) is 0 Å². The van der Waals surface area contributed by atoms with Crippen LogP contribution in [0.3, 0.4) is 0 Å². The molecule has 1 N–H and O–H groups in total. The lowest BCUT2D eigenvalue weighted by atomic mass is 9.93. The van der Waals surface area contributed by atoms with E-state index in [9.17, 15) is 9.59 Å². The van der Waals surface area contributed by atoms with Crippen LogP contribution in [0.1, 0.15) is 40.5 Å². The summed E-state index contributed by atoms with van der Waals surface area (Å²) in [6.45, 7) is 12.1. The Balaban J connectivity index is 2.96. The Hall–Kier alpha value is -1.32. The van der Waals surface area contributed by atoms with Crippen LogP contribution in [0, 0.1) is 5.92 Å². The Morgan fingerprint density at radius 1 is 1.44 bits per heavy atom. The van der Waals surface area contributed by atoms with E-state index >= 15 is 0 Å². The van der Waals surface area contributed by atoms with E-state index in [4.69, 9.17) is 0 Å². The fraction of sp³-hybridized carbons (Fsp3) is 0.714. The van der Waals surface area contributed by atoms with Gasteiger partial charge in [0, 0.05) is 6.54 Å². The first-order valence-electron chi connectivity index (χ1n) is 6.67. The Kier molecular flexibility index (Phi) is 4.93. The topological polar surface area (TPSA) is 49.4 Å². The molecule has 3 unspecified atom stereocenters. The molecule has 0 radical (unpaired) electrons. The first-order valence-corrected chi connectivity index (χ1v) is 6.67. The van der Waals surface area contributed by atoms with Gasteiger partial charge < -0.3 is 10.2 Å². The molecule has 0 aromatic heterocycles. The highest BCUT2D eigenvalue weighted by Gasteiger charge is 2.41. The van der Waals surface area contributed by atoms with Crippen molar-refractivity contribution in [2.24, 2.45) is 5.92 Å². The second kappa shape index (κ2) is 6.03. The maximum absolute atomic E-state index is 12.4. The molecule has 2 amide bonds. The smallest absolute Gasteiger partial charge is 0.246 e. The fourth-order valence-corrected chi connectivity index (χ4v) is 2.29. The second-order valence-corrected chi connectivity index (χ2v) is 5.22. The Morgan fingerprint density at radius 2 is 2.06 bits per heavy atom. The standard InChI is InChI=1S/C14H24N2O2/c1-6-10(5)12-14(18)16(8-9(3)4)11(7-2)13(17)15-12/h10-12H,3,6-8H2,1-2,4-5H3,(H,15,17). The SMILES string of the molecule is C=C(C)CN1C(=O)C(C(C)CC)NC(=O)C1CC. The van der Waals surface area contributed by atoms with Crippen LogP contribution in [0.2, 0.25) is 0 Å². The molecule has 1 heterocycles. The van der Waals surface area contributed by atoms with Gasteiger partial charge in [-0.2, -0.15) is 0 Å². The summed E-state index contributed by atoms with van der Waals surface area (Å²) in [4.78, 5) is 26.2. The lowest BCUT2D eigenvalue weighted by Gasteiger charge is -2.40. The van der Waals surface area contributed by atoms with Gasteiger partial charge in [-0.3, -0.25) is 9.59 Å². The summed E-state index contributed by atoms with van der Waals surface area (Å²) in [5.74, 6) is 0.148. The van der Waals surface area contributed by atoms with Gasteiger partial charge in [-0.05, 0) is 19.3 Å². The summed E-state index contributed by atoms with van der Waals surface area (Å²) in [6.07, 6.45) is 1.51. The molecule has 4 heteroatoms. The van der Waals surface area contributed by atoms with Crippen LogP contribution in [0.15, 0.2) is 12.2 Å². The third kappa shape index (κ3) is 2.92. The first kappa shape index (κ1) is 14.7. The maximum Gasteiger partial charge on any atom is 0.246 e. The van der Waals surface area contributed by atoms with Crippen LogP contribution in [0.25, 0.3) is 0 Å². The highest BCUT2D eigenvalue weighted by atomic mass is 16.2. The first-order chi connectivity index (χ1) is 8.42. The van der Waals surface area contributed by atoms with Crippen molar-refractivity contribution in [2.45, 2.75) is 52.6 Å². The number of piperazine rings is 1. The summed E-state index contributed by atoms with van der Waals surface area (Å²) in [5, 5.41) is 2.86. The van der Waals surface area contributed by atoms with Crippen LogP contribution < -0.4 is 5.32 Å². The van der Waals surface area contributed by atoms with E-state index in [1.54, 1.807) is 4.90 Å². The van der Waals surface area contributed by atoms with Crippen LogP contribution in [0.4, 0.5) is 0 Å². The lowest BCUT2D eigenvalue weighted by Crippen LogP contribution is -2.64. The van der Waals surface area contributed by atoms with Crippen molar-refractivity contribution >= 4 is 11.8 Å². The third-order valence-electron chi connectivity index (χ3n) is 3.57. The molecule has 18 heavy (non-hydrogen) atoms. The molecule has 0 aliphatic carbocycles. The van der Waals surface area contributed by atoms with Crippen LogP contribution in [-0.2, 0) is 9.59 Å². The number of nitrogens with zero attached hydrogens (tertiary/aromatic N) is 1. The van der Waals surface area contributed by atoms with Gasteiger partial charge in [-0.25, -0.2) is 0 Å². The molecule has 0 aromatic rings. The van der Waals surface area contributed by atoms with Crippen molar-refractivity contribution in [3.05, 3.63) is 12.2 Å². The fourth-order valence-electron chi connectivity index (χ4n) is 2.29. The molecule has 1 rings (SSSR count). The number of carbonyl (C=O) groups excluding carboxylic acids is 2. The molecule has 0 bridgehead atoms. The molecule has 4 nitrogen and oxygen atoms in total. The summed E-state index contributed by atoms with van der Waals surface area (Å²) in [5.41, 5.74) is 0.902. The lowest BCUT2D eigenvalue weighted by molar-refractivity contribution is -0.150. The molecule has 0 saturated carbocycles. The van der Waals surface area contributed by atoms with Crippen molar-refractivity contribution in [3.63, 3.8) is 0 Å². The molecule has 1 aliphatic rings. The zero-order chi connectivity index (χ0) is 13.9. The molecule has 0 aromatic carbocycles. The number of amides is 2. The molecular weight excluding hydrogens is 228 g/mol. The van der Waals surface area contributed by atoms with Crippen LogP contribution in [0.5, 0.6) is 0 Å². The van der Waals surface area contributed by atoms with E-state index in [2.05, 4.69) is 11.9 Å². The number of hydrogen-bond donors (Lipinski definition) is 1. The number of carbonyl (C=O) groups is 2. The highest BCUT2D eigenvalue weighted by molar-refractivity contribution is 5.97. The maximum atomic E-state index is 12.4. The Labute approximate surface area is 109 Å². The summed E-state index contributed by atoms with van der Waals surface area (Å²) in [6, 6.07) is -0.737.